The molecule has 0 saturated carbocycles. The zero-order valence-electron chi connectivity index (χ0n) is 14.0. The van der Waals surface area contributed by atoms with Crippen LogP contribution in [0.1, 0.15) is 23.3 Å². The van der Waals surface area contributed by atoms with Gasteiger partial charge in [0.1, 0.15) is 11.9 Å². The molecule has 0 aliphatic heterocycles. The summed E-state index contributed by atoms with van der Waals surface area (Å²) in [7, 11) is -2.72. The average Bonchev–Trinajstić information content (AvgIpc) is 2.60. The maximum atomic E-state index is 14.1. The number of nitrogens with two attached hydrogens (primary N) is 1. The first kappa shape index (κ1) is 20.0. The van der Waals surface area contributed by atoms with Crippen molar-refractivity contribution in [1.82, 2.24) is 4.72 Å². The van der Waals surface area contributed by atoms with Gasteiger partial charge in [0.25, 0.3) is 10.2 Å². The molecule has 0 amide bonds. The van der Waals surface area contributed by atoms with Crippen molar-refractivity contribution in [2.24, 2.45) is 5.14 Å². The minimum Gasteiger partial charge on any atom is -0.454 e. The van der Waals surface area contributed by atoms with E-state index in [1.165, 1.54) is 25.3 Å². The normalized spacial score (nSPS) is 13.8. The molecular formula is C17H19FN2O5S. The monoisotopic (exact) mass is 382 g/mol. The van der Waals surface area contributed by atoms with Gasteiger partial charge in [0.15, 0.2) is 6.10 Å². The SMILES string of the molecule is COC(C(=O)OC(CNS(N)(=O)=O)c1ccccc1F)c1ccccc1. The van der Waals surface area contributed by atoms with Gasteiger partial charge >= 0.3 is 5.97 Å². The number of esters is 1. The Morgan fingerprint density at radius 2 is 1.77 bits per heavy atom. The van der Waals surface area contributed by atoms with Crippen LogP contribution < -0.4 is 9.86 Å². The standard InChI is InChI=1S/C17H19FN2O5S/c1-24-16(12-7-3-2-4-8-12)17(21)25-15(11-20-26(19,22)23)13-9-5-6-10-14(13)18/h2-10,15-16,20H,11H2,1H3,(H2,19,22,23). The zero-order valence-corrected chi connectivity index (χ0v) is 14.8. The number of nitrogens with one attached hydrogen (secondary N) is 1. The van der Waals surface area contributed by atoms with Gasteiger partial charge in [-0.1, -0.05) is 48.5 Å². The summed E-state index contributed by atoms with van der Waals surface area (Å²) in [4.78, 5) is 12.5. The van der Waals surface area contributed by atoms with Crippen LogP contribution in [0.2, 0.25) is 0 Å². The molecule has 0 aromatic heterocycles. The van der Waals surface area contributed by atoms with Crippen LogP contribution in [-0.2, 0) is 24.5 Å². The van der Waals surface area contributed by atoms with Gasteiger partial charge in [-0.15, -0.1) is 0 Å². The third-order valence-corrected chi connectivity index (χ3v) is 4.10. The summed E-state index contributed by atoms with van der Waals surface area (Å²) in [5.41, 5.74) is 0.562. The Balaban J connectivity index is 2.25. The van der Waals surface area contributed by atoms with Crippen LogP contribution in [0.25, 0.3) is 0 Å². The summed E-state index contributed by atoms with van der Waals surface area (Å²) in [5.74, 6) is -1.43. The summed E-state index contributed by atoms with van der Waals surface area (Å²) in [6.45, 7) is -0.420. The molecular weight excluding hydrogens is 363 g/mol. The number of carbonyl (C=O) groups excluding carboxylic acids is 1. The van der Waals surface area contributed by atoms with Crippen molar-refractivity contribution in [2.75, 3.05) is 13.7 Å². The third kappa shape index (κ3) is 5.60. The quantitative estimate of drug-likeness (QED) is 0.674. The molecule has 2 rings (SSSR count). The van der Waals surface area contributed by atoms with Crippen molar-refractivity contribution < 1.29 is 27.1 Å². The van der Waals surface area contributed by atoms with Crippen LogP contribution in [0.5, 0.6) is 0 Å². The van der Waals surface area contributed by atoms with Gasteiger partial charge in [0.05, 0.1) is 6.54 Å². The number of ether oxygens (including phenoxy) is 2. The fraction of sp³-hybridized carbons (Fsp3) is 0.235. The Bertz CT molecular complexity index is 845. The third-order valence-electron chi connectivity index (χ3n) is 3.53. The molecule has 2 aromatic carbocycles. The molecule has 2 atom stereocenters. The van der Waals surface area contributed by atoms with Crippen LogP contribution >= 0.6 is 0 Å². The number of benzene rings is 2. The Hall–Kier alpha value is -2.33. The lowest BCUT2D eigenvalue weighted by Gasteiger charge is -2.22. The van der Waals surface area contributed by atoms with Crippen LogP contribution in [0, 0.1) is 5.82 Å². The minimum absolute atomic E-state index is 0.0138. The Kier molecular flexibility index (Phi) is 6.81. The van der Waals surface area contributed by atoms with E-state index in [1.54, 1.807) is 36.4 Å². The second kappa shape index (κ2) is 8.86. The molecule has 2 unspecified atom stereocenters. The fourth-order valence-electron chi connectivity index (χ4n) is 2.34. The van der Waals surface area contributed by atoms with Gasteiger partial charge in [-0.3, -0.25) is 0 Å². The van der Waals surface area contributed by atoms with Gasteiger partial charge in [0.2, 0.25) is 0 Å². The highest BCUT2D eigenvalue weighted by atomic mass is 32.2. The molecule has 2 aromatic rings. The van der Waals surface area contributed by atoms with Crippen LogP contribution in [0.4, 0.5) is 4.39 Å². The molecule has 0 aliphatic carbocycles. The van der Waals surface area contributed by atoms with Crippen molar-refractivity contribution in [3.63, 3.8) is 0 Å². The van der Waals surface area contributed by atoms with E-state index in [9.17, 15) is 17.6 Å². The van der Waals surface area contributed by atoms with Gasteiger partial charge in [-0.2, -0.15) is 13.1 Å². The van der Waals surface area contributed by atoms with Crippen molar-refractivity contribution in [3.8, 4) is 0 Å². The highest BCUT2D eigenvalue weighted by Gasteiger charge is 2.27. The highest BCUT2D eigenvalue weighted by Crippen LogP contribution is 2.25. The molecule has 9 heteroatoms. The Morgan fingerprint density at radius 1 is 1.15 bits per heavy atom. The van der Waals surface area contributed by atoms with Gasteiger partial charge in [0, 0.05) is 12.7 Å². The predicted molar refractivity (Wildman–Crippen MR) is 92.5 cm³/mol. The van der Waals surface area contributed by atoms with E-state index in [4.69, 9.17) is 14.6 Å². The molecule has 0 saturated heterocycles. The number of rotatable bonds is 8. The van der Waals surface area contributed by atoms with E-state index in [2.05, 4.69) is 0 Å². The highest BCUT2D eigenvalue weighted by molar-refractivity contribution is 7.87. The van der Waals surface area contributed by atoms with E-state index in [0.29, 0.717) is 5.56 Å². The Labute approximate surface area is 151 Å². The zero-order chi connectivity index (χ0) is 19.2. The first-order chi connectivity index (χ1) is 12.3. The second-order valence-corrected chi connectivity index (χ2v) is 6.75. The topological polar surface area (TPSA) is 108 Å². The predicted octanol–water partition coefficient (Wildman–Crippen LogP) is 1.59. The number of methoxy groups -OCH3 is 1. The molecule has 0 fully saturated rings. The number of hydrogen-bond acceptors (Lipinski definition) is 5. The summed E-state index contributed by atoms with van der Waals surface area (Å²) >= 11 is 0. The molecule has 0 radical (unpaired) electrons. The van der Waals surface area contributed by atoms with E-state index < -0.39 is 40.7 Å². The summed E-state index contributed by atoms with van der Waals surface area (Å²) < 4.78 is 48.9. The molecule has 0 heterocycles. The smallest absolute Gasteiger partial charge is 0.340 e. The largest absolute Gasteiger partial charge is 0.454 e. The van der Waals surface area contributed by atoms with Crippen LogP contribution in [0.15, 0.2) is 54.6 Å². The van der Waals surface area contributed by atoms with Gasteiger partial charge < -0.3 is 9.47 Å². The van der Waals surface area contributed by atoms with E-state index in [-0.39, 0.29) is 5.56 Å². The lowest BCUT2D eigenvalue weighted by molar-refractivity contribution is -0.161. The summed E-state index contributed by atoms with van der Waals surface area (Å²) in [6, 6.07) is 14.2. The number of halogens is 1. The first-order valence-corrected chi connectivity index (χ1v) is 9.16. The molecule has 0 bridgehead atoms. The molecule has 7 nitrogen and oxygen atoms in total. The van der Waals surface area contributed by atoms with E-state index in [1.807, 2.05) is 4.72 Å². The van der Waals surface area contributed by atoms with Crippen molar-refractivity contribution >= 4 is 16.2 Å². The molecule has 0 aliphatic rings. The van der Waals surface area contributed by atoms with Crippen molar-refractivity contribution in [1.29, 1.82) is 0 Å². The summed E-state index contributed by atoms with van der Waals surface area (Å²) in [6.07, 6.45) is -2.26. The van der Waals surface area contributed by atoms with Crippen molar-refractivity contribution in [3.05, 3.63) is 71.5 Å². The van der Waals surface area contributed by atoms with E-state index >= 15 is 0 Å². The first-order valence-electron chi connectivity index (χ1n) is 7.62. The Morgan fingerprint density at radius 3 is 2.35 bits per heavy atom. The van der Waals surface area contributed by atoms with Crippen LogP contribution in [0.3, 0.4) is 0 Å². The minimum atomic E-state index is -4.05. The average molecular weight is 382 g/mol. The maximum Gasteiger partial charge on any atom is 0.340 e. The number of hydrogen-bond donors (Lipinski definition) is 2. The van der Waals surface area contributed by atoms with Gasteiger partial charge in [-0.25, -0.2) is 14.3 Å². The van der Waals surface area contributed by atoms with Crippen LogP contribution in [-0.4, -0.2) is 28.0 Å². The summed E-state index contributed by atoms with van der Waals surface area (Å²) in [5, 5.41) is 4.91. The van der Waals surface area contributed by atoms with Crippen molar-refractivity contribution in [2.45, 2.75) is 12.2 Å². The van der Waals surface area contributed by atoms with E-state index in [0.717, 1.165) is 0 Å². The molecule has 3 N–H and O–H groups in total. The maximum absolute atomic E-state index is 14.1. The van der Waals surface area contributed by atoms with Gasteiger partial charge in [-0.05, 0) is 11.6 Å². The number of carbonyl (C=O) groups is 1. The molecule has 0 spiro atoms. The fourth-order valence-corrected chi connectivity index (χ4v) is 2.73. The second-order valence-electron chi connectivity index (χ2n) is 5.37. The molecule has 26 heavy (non-hydrogen) atoms. The molecule has 140 valence electrons. The lowest BCUT2D eigenvalue weighted by Crippen LogP contribution is -2.36. The lowest BCUT2D eigenvalue weighted by atomic mass is 10.1.